The minimum Gasteiger partial charge on any atom is -0.362 e. The van der Waals surface area contributed by atoms with Crippen LogP contribution in [-0.2, 0) is 17.1 Å². The van der Waals surface area contributed by atoms with Crippen LogP contribution < -0.4 is 20.9 Å². The van der Waals surface area contributed by atoms with Crippen molar-refractivity contribution < 1.29 is 17.1 Å². The van der Waals surface area contributed by atoms with Gasteiger partial charge in [0.15, 0.2) is 0 Å². The van der Waals surface area contributed by atoms with Gasteiger partial charge in [0.05, 0.1) is 23.3 Å². The molecule has 0 amide bonds. The largest absolute Gasteiger partial charge is 2.00 e. The Hall–Kier alpha value is -5.24. The quantitative estimate of drug-likeness (QED) is 0.279. The number of allylic oxidation sites excluding steroid dienone is 4. The monoisotopic (exact) mass is 631 g/mol. The van der Waals surface area contributed by atoms with Crippen LogP contribution in [0.2, 0.25) is 0 Å². The predicted molar refractivity (Wildman–Crippen MR) is 174 cm³/mol. The average Bonchev–Trinajstić information content (AvgIpc) is 3.04. The van der Waals surface area contributed by atoms with Crippen LogP contribution in [0.5, 0.6) is 0 Å². The maximum Gasteiger partial charge on any atom is 2.00 e. The van der Waals surface area contributed by atoms with Crippen molar-refractivity contribution in [3.05, 3.63) is 144 Å². The normalized spacial score (nSPS) is 12.7. The zero-order valence-corrected chi connectivity index (χ0v) is 26.5. The number of hydrogen-bond donors (Lipinski definition) is 0. The van der Waals surface area contributed by atoms with Gasteiger partial charge in [0.1, 0.15) is 0 Å². The molecule has 0 aliphatic heterocycles. The first-order valence-corrected chi connectivity index (χ1v) is 14.2. The molecular formula is C36H32MnN8. The van der Waals surface area contributed by atoms with Crippen LogP contribution in [0, 0.1) is 20.8 Å². The predicted octanol–water partition coefficient (Wildman–Crippen LogP) is 5.35. The van der Waals surface area contributed by atoms with E-state index in [4.69, 9.17) is 34.9 Å². The number of aryl methyl sites for hydroxylation is 3. The molecule has 1 aromatic heterocycles. The van der Waals surface area contributed by atoms with E-state index < -0.39 is 0 Å². The molecule has 0 spiro atoms. The molecule has 9 heteroatoms. The van der Waals surface area contributed by atoms with Crippen molar-refractivity contribution in [2.45, 2.75) is 27.2 Å². The van der Waals surface area contributed by atoms with E-state index in [2.05, 4.69) is 11.6 Å². The topological polar surface area (TPSA) is 106 Å². The third-order valence-electron chi connectivity index (χ3n) is 6.34. The number of nitrogens with zero attached hydrogens (tertiary/aromatic N) is 8. The second-order valence-electron chi connectivity index (χ2n) is 9.86. The Kier molecular flexibility index (Phi) is 11.6. The van der Waals surface area contributed by atoms with Gasteiger partial charge in [-0.15, -0.1) is 0 Å². The summed E-state index contributed by atoms with van der Waals surface area (Å²) in [4.78, 5) is 38.4. The molecule has 0 saturated heterocycles. The molecule has 223 valence electrons. The fraction of sp³-hybridized carbons (Fsp3) is 0.111. The van der Waals surface area contributed by atoms with Crippen LogP contribution in [0.25, 0.3) is 46.3 Å². The van der Waals surface area contributed by atoms with Gasteiger partial charge in [0, 0.05) is 27.9 Å². The molecule has 0 N–H and O–H groups in total. The van der Waals surface area contributed by atoms with Crippen molar-refractivity contribution in [2.24, 2.45) is 0 Å². The number of aromatic nitrogens is 8. The summed E-state index contributed by atoms with van der Waals surface area (Å²) in [7, 11) is 0. The standard InChI is InChI=1S/C36H32N8.Mn/c1-25-37-26(2)40-34(30-19-11-6-12-20-30)44-36(32-23-15-8-16-24-32)42-28(4)38-27(3)41-35(31-21-13-7-14-22-31)43-33(39-25)29-17-9-5-10-18-29;/h5-17,19-24H,1,18H2,2-4H3;/q-2;+2/b33-29+;. The molecule has 0 atom stereocenters. The summed E-state index contributed by atoms with van der Waals surface area (Å²) in [6.07, 6.45) is 8.64. The SMILES string of the molecule is C=c1nc(C)nc(-c2ccccc2)nc(-c2ccccc2)[n-]c(C)nc(C)nc(-c2ccccc2)n/c(=C2\C=CC=CC2)[n-]1.[Mn+2]. The molecule has 8 nitrogen and oxygen atoms in total. The molecule has 1 radical (unpaired) electrons. The van der Waals surface area contributed by atoms with Crippen molar-refractivity contribution in [1.29, 1.82) is 0 Å². The van der Waals surface area contributed by atoms with Gasteiger partial charge in [0.2, 0.25) is 0 Å². The summed E-state index contributed by atoms with van der Waals surface area (Å²) in [6.45, 7) is 9.54. The van der Waals surface area contributed by atoms with Gasteiger partial charge in [-0.1, -0.05) is 122 Å². The van der Waals surface area contributed by atoms with Crippen molar-refractivity contribution >= 4 is 12.2 Å². The molecule has 1 heterocycles. The molecular weight excluding hydrogens is 599 g/mol. The van der Waals surface area contributed by atoms with Crippen molar-refractivity contribution in [3.63, 3.8) is 0 Å². The van der Waals surface area contributed by atoms with Crippen molar-refractivity contribution in [3.8, 4) is 34.2 Å². The Labute approximate surface area is 273 Å². The Balaban J connectivity index is 0.00000461. The van der Waals surface area contributed by atoms with Crippen molar-refractivity contribution in [1.82, 2.24) is 39.9 Å². The number of benzene rings is 3. The molecule has 4 aromatic rings. The molecule has 3 aromatic carbocycles. The Bertz CT molecular complexity index is 1980. The van der Waals surface area contributed by atoms with Gasteiger partial charge >= 0.3 is 17.1 Å². The van der Waals surface area contributed by atoms with Gasteiger partial charge in [0.25, 0.3) is 0 Å². The fourth-order valence-corrected chi connectivity index (χ4v) is 4.38. The van der Waals surface area contributed by atoms with Crippen LogP contribution in [0.4, 0.5) is 0 Å². The second-order valence-corrected chi connectivity index (χ2v) is 9.86. The fourth-order valence-electron chi connectivity index (χ4n) is 4.38. The first-order chi connectivity index (χ1) is 21.4. The summed E-state index contributed by atoms with van der Waals surface area (Å²) < 4.78 is 0. The van der Waals surface area contributed by atoms with E-state index >= 15 is 0 Å². The smallest absolute Gasteiger partial charge is 0.362 e. The van der Waals surface area contributed by atoms with Gasteiger partial charge < -0.3 is 29.9 Å². The molecule has 0 saturated carbocycles. The maximum absolute atomic E-state index is 4.94. The molecule has 1 aliphatic rings. The van der Waals surface area contributed by atoms with E-state index in [0.717, 1.165) is 22.3 Å². The first-order valence-electron chi connectivity index (χ1n) is 14.2. The minimum atomic E-state index is 0. The Morgan fingerprint density at radius 1 is 0.578 bits per heavy atom. The third kappa shape index (κ3) is 9.37. The molecule has 45 heavy (non-hydrogen) atoms. The van der Waals surface area contributed by atoms with E-state index in [0.29, 0.717) is 46.8 Å². The van der Waals surface area contributed by atoms with Crippen LogP contribution in [-0.4, -0.2) is 29.9 Å². The van der Waals surface area contributed by atoms with Gasteiger partial charge in [-0.25, -0.2) is 9.97 Å². The van der Waals surface area contributed by atoms with Crippen molar-refractivity contribution in [2.75, 3.05) is 0 Å². The van der Waals surface area contributed by atoms with Gasteiger partial charge in [-0.2, -0.15) is 0 Å². The zero-order valence-electron chi connectivity index (χ0n) is 25.3. The summed E-state index contributed by atoms with van der Waals surface area (Å²) in [5.41, 5.74) is 4.04. The van der Waals surface area contributed by atoms with E-state index in [1.165, 1.54) is 0 Å². The molecule has 5 rings (SSSR count). The summed E-state index contributed by atoms with van der Waals surface area (Å²) in [5, 5.41) is 0. The number of rotatable bonds is 3. The molecule has 0 unspecified atom stereocenters. The van der Waals surface area contributed by atoms with Crippen LogP contribution in [0.1, 0.15) is 23.9 Å². The van der Waals surface area contributed by atoms with Crippen LogP contribution in [0.15, 0.2) is 115 Å². The third-order valence-corrected chi connectivity index (χ3v) is 6.34. The summed E-state index contributed by atoms with van der Waals surface area (Å²) >= 11 is 0. The Morgan fingerprint density at radius 2 is 1.11 bits per heavy atom. The molecule has 0 fully saturated rings. The summed E-state index contributed by atoms with van der Waals surface area (Å²) in [6, 6.07) is 29.2. The van der Waals surface area contributed by atoms with E-state index in [-0.39, 0.29) is 22.5 Å². The van der Waals surface area contributed by atoms with Gasteiger partial charge in [-0.3, -0.25) is 0 Å². The van der Waals surface area contributed by atoms with E-state index in [1.54, 1.807) is 6.92 Å². The number of hydrogen-bond acceptors (Lipinski definition) is 6. The summed E-state index contributed by atoms with van der Waals surface area (Å²) in [5.74, 6) is 2.72. The van der Waals surface area contributed by atoms with Crippen LogP contribution in [0.3, 0.4) is 0 Å². The van der Waals surface area contributed by atoms with Crippen LogP contribution >= 0.6 is 0 Å². The molecule has 0 bridgehead atoms. The average molecular weight is 632 g/mol. The minimum absolute atomic E-state index is 0. The first kappa shape index (κ1) is 32.7. The molecule has 1 aliphatic carbocycles. The maximum atomic E-state index is 4.94. The zero-order chi connectivity index (χ0) is 30.7. The van der Waals surface area contributed by atoms with E-state index in [9.17, 15) is 0 Å². The van der Waals surface area contributed by atoms with Gasteiger partial charge in [-0.05, 0) is 44.2 Å². The second kappa shape index (κ2) is 16.0. The Morgan fingerprint density at radius 3 is 1.67 bits per heavy atom. The van der Waals surface area contributed by atoms with E-state index in [1.807, 2.05) is 129 Å².